The van der Waals surface area contributed by atoms with Gasteiger partial charge in [-0.3, -0.25) is 0 Å². The van der Waals surface area contributed by atoms with Crippen molar-refractivity contribution in [3.8, 4) is 0 Å². The minimum atomic E-state index is -0.877. The third kappa shape index (κ3) is 2.12. The first kappa shape index (κ1) is 12.9. The van der Waals surface area contributed by atoms with Gasteiger partial charge < -0.3 is 14.9 Å². The number of ether oxygens (including phenoxy) is 1. The second-order valence-corrected chi connectivity index (χ2v) is 5.38. The normalized spacial score (nSPS) is 29.4. The van der Waals surface area contributed by atoms with Crippen LogP contribution in [0, 0.1) is 0 Å². The molecule has 1 fully saturated rings. The second-order valence-electron chi connectivity index (χ2n) is 5.38. The van der Waals surface area contributed by atoms with E-state index < -0.39 is 5.60 Å². The molecule has 1 heterocycles. The molecule has 102 valence electrons. The van der Waals surface area contributed by atoms with Crippen LogP contribution in [0.1, 0.15) is 36.8 Å². The highest BCUT2D eigenvalue weighted by atomic mass is 16.5. The first-order chi connectivity index (χ1) is 9.25. The summed E-state index contributed by atoms with van der Waals surface area (Å²) >= 11 is 0. The van der Waals surface area contributed by atoms with E-state index in [1.807, 2.05) is 18.2 Å². The van der Waals surface area contributed by atoms with Crippen molar-refractivity contribution in [3.05, 3.63) is 41.5 Å². The predicted octanol–water partition coefficient (Wildman–Crippen LogP) is 2.22. The molecule has 1 saturated heterocycles. The standard InChI is InChI=1S/C16H20O3/c17-9-3-5-12-11-15-16(18,8-4-10-19-15)14-7-2-1-6-13(12)14/h1-2,6-7,11,15,17-18H,3-5,8-10H2/t15-,16-/m0/s1. The van der Waals surface area contributed by atoms with E-state index in [9.17, 15) is 5.11 Å². The van der Waals surface area contributed by atoms with Gasteiger partial charge in [-0.25, -0.2) is 0 Å². The molecule has 2 N–H and O–H groups in total. The fourth-order valence-corrected chi connectivity index (χ4v) is 3.21. The van der Waals surface area contributed by atoms with Crippen LogP contribution in [0.4, 0.5) is 0 Å². The number of fused-ring (bicyclic) bond motifs is 3. The van der Waals surface area contributed by atoms with Crippen molar-refractivity contribution in [2.75, 3.05) is 13.2 Å². The van der Waals surface area contributed by atoms with Crippen molar-refractivity contribution in [1.29, 1.82) is 0 Å². The van der Waals surface area contributed by atoms with Crippen molar-refractivity contribution in [2.45, 2.75) is 37.4 Å². The molecule has 0 spiro atoms. The Balaban J connectivity index is 2.04. The van der Waals surface area contributed by atoms with Crippen LogP contribution in [0.3, 0.4) is 0 Å². The number of hydrogen-bond donors (Lipinski definition) is 2. The maximum absolute atomic E-state index is 11.0. The monoisotopic (exact) mass is 260 g/mol. The summed E-state index contributed by atoms with van der Waals surface area (Å²) in [5.41, 5.74) is 2.40. The number of benzene rings is 1. The van der Waals surface area contributed by atoms with E-state index >= 15 is 0 Å². The molecule has 1 aromatic rings. The van der Waals surface area contributed by atoms with Gasteiger partial charge in [-0.2, -0.15) is 0 Å². The molecule has 1 aliphatic carbocycles. The molecule has 0 amide bonds. The predicted molar refractivity (Wildman–Crippen MR) is 73.6 cm³/mol. The Kier molecular flexibility index (Phi) is 3.44. The van der Waals surface area contributed by atoms with E-state index in [4.69, 9.17) is 9.84 Å². The lowest BCUT2D eigenvalue weighted by Crippen LogP contribution is -2.46. The van der Waals surface area contributed by atoms with Crippen LogP contribution < -0.4 is 0 Å². The van der Waals surface area contributed by atoms with Crippen LogP contribution in [0.2, 0.25) is 0 Å². The summed E-state index contributed by atoms with van der Waals surface area (Å²) in [6, 6.07) is 8.03. The molecule has 0 aromatic heterocycles. The molecule has 3 rings (SSSR count). The second kappa shape index (κ2) is 5.08. The summed E-state index contributed by atoms with van der Waals surface area (Å²) < 4.78 is 5.76. The lowest BCUT2D eigenvalue weighted by Gasteiger charge is -2.43. The summed E-state index contributed by atoms with van der Waals surface area (Å²) in [5.74, 6) is 0. The summed E-state index contributed by atoms with van der Waals surface area (Å²) in [6.07, 6.45) is 5.01. The van der Waals surface area contributed by atoms with Crippen molar-refractivity contribution >= 4 is 5.57 Å². The maximum atomic E-state index is 11.0. The first-order valence-electron chi connectivity index (χ1n) is 7.01. The zero-order valence-corrected chi connectivity index (χ0v) is 11.0. The van der Waals surface area contributed by atoms with Gasteiger partial charge in [0.1, 0.15) is 11.7 Å². The zero-order chi connectivity index (χ0) is 13.3. The van der Waals surface area contributed by atoms with Crippen LogP contribution >= 0.6 is 0 Å². The largest absolute Gasteiger partial charge is 0.396 e. The molecule has 0 radical (unpaired) electrons. The van der Waals surface area contributed by atoms with Gasteiger partial charge >= 0.3 is 0 Å². The summed E-state index contributed by atoms with van der Waals surface area (Å²) in [6.45, 7) is 0.897. The number of aliphatic hydroxyl groups is 2. The lowest BCUT2D eigenvalue weighted by molar-refractivity contribution is -0.130. The fourth-order valence-electron chi connectivity index (χ4n) is 3.21. The number of allylic oxidation sites excluding steroid dienone is 1. The molecule has 0 unspecified atom stereocenters. The van der Waals surface area contributed by atoms with Gasteiger partial charge in [-0.05, 0) is 48.5 Å². The summed E-state index contributed by atoms with van der Waals surface area (Å²) in [4.78, 5) is 0. The van der Waals surface area contributed by atoms with Gasteiger partial charge in [0, 0.05) is 13.2 Å². The molecule has 2 atom stereocenters. The minimum Gasteiger partial charge on any atom is -0.396 e. The molecule has 0 saturated carbocycles. The molecule has 2 aliphatic rings. The van der Waals surface area contributed by atoms with Crippen molar-refractivity contribution < 1.29 is 14.9 Å². The van der Waals surface area contributed by atoms with Gasteiger partial charge in [0.25, 0.3) is 0 Å². The van der Waals surface area contributed by atoms with E-state index in [-0.39, 0.29) is 12.7 Å². The van der Waals surface area contributed by atoms with Crippen molar-refractivity contribution in [3.63, 3.8) is 0 Å². The maximum Gasteiger partial charge on any atom is 0.120 e. The number of hydrogen-bond acceptors (Lipinski definition) is 3. The lowest BCUT2D eigenvalue weighted by atomic mass is 9.73. The van der Waals surface area contributed by atoms with Crippen LogP contribution in [0.25, 0.3) is 5.57 Å². The van der Waals surface area contributed by atoms with Crippen molar-refractivity contribution in [2.24, 2.45) is 0 Å². The van der Waals surface area contributed by atoms with E-state index in [0.717, 1.165) is 36.8 Å². The first-order valence-corrected chi connectivity index (χ1v) is 7.01. The summed E-state index contributed by atoms with van der Waals surface area (Å²) in [7, 11) is 0. The SMILES string of the molecule is OCCCC1=C[C@@H]2OCCC[C@]2(O)c2ccccc21. The Morgan fingerprint density at radius 2 is 2.16 bits per heavy atom. The molecule has 3 heteroatoms. The van der Waals surface area contributed by atoms with E-state index in [0.29, 0.717) is 6.61 Å². The number of aliphatic hydroxyl groups excluding tert-OH is 1. The van der Waals surface area contributed by atoms with Crippen LogP contribution in [-0.4, -0.2) is 29.5 Å². The Morgan fingerprint density at radius 1 is 1.32 bits per heavy atom. The Labute approximate surface area is 113 Å². The van der Waals surface area contributed by atoms with E-state index in [1.165, 1.54) is 5.57 Å². The Bertz CT molecular complexity index is 495. The molecule has 0 bridgehead atoms. The molecular formula is C16H20O3. The van der Waals surface area contributed by atoms with Gasteiger partial charge in [-0.15, -0.1) is 0 Å². The Hall–Kier alpha value is -1.16. The quantitative estimate of drug-likeness (QED) is 0.876. The van der Waals surface area contributed by atoms with Crippen LogP contribution in [-0.2, 0) is 10.3 Å². The van der Waals surface area contributed by atoms with Gasteiger partial charge in [0.05, 0.1) is 0 Å². The molecule has 1 aliphatic heterocycles. The Morgan fingerprint density at radius 3 is 3.00 bits per heavy atom. The van der Waals surface area contributed by atoms with E-state index in [2.05, 4.69) is 12.1 Å². The average Bonchev–Trinajstić information content (AvgIpc) is 2.45. The fraction of sp³-hybridized carbons (Fsp3) is 0.500. The minimum absolute atomic E-state index is 0.190. The smallest absolute Gasteiger partial charge is 0.120 e. The molecule has 1 aromatic carbocycles. The topological polar surface area (TPSA) is 49.7 Å². The van der Waals surface area contributed by atoms with Crippen LogP contribution in [0.15, 0.2) is 30.3 Å². The highest BCUT2D eigenvalue weighted by molar-refractivity contribution is 5.72. The van der Waals surface area contributed by atoms with Gasteiger partial charge in [-0.1, -0.05) is 24.3 Å². The van der Waals surface area contributed by atoms with Gasteiger partial charge in [0.2, 0.25) is 0 Å². The highest BCUT2D eigenvalue weighted by Crippen LogP contribution is 2.44. The third-order valence-corrected chi connectivity index (χ3v) is 4.17. The summed E-state index contributed by atoms with van der Waals surface area (Å²) in [5, 5.41) is 20.0. The average molecular weight is 260 g/mol. The molecule has 19 heavy (non-hydrogen) atoms. The molecular weight excluding hydrogens is 240 g/mol. The van der Waals surface area contributed by atoms with Crippen molar-refractivity contribution in [1.82, 2.24) is 0 Å². The molecule has 3 nitrogen and oxygen atoms in total. The zero-order valence-electron chi connectivity index (χ0n) is 11.0. The van der Waals surface area contributed by atoms with Crippen LogP contribution in [0.5, 0.6) is 0 Å². The van der Waals surface area contributed by atoms with E-state index in [1.54, 1.807) is 0 Å². The highest BCUT2D eigenvalue weighted by Gasteiger charge is 2.44. The number of rotatable bonds is 3. The third-order valence-electron chi connectivity index (χ3n) is 4.17. The van der Waals surface area contributed by atoms with Gasteiger partial charge in [0.15, 0.2) is 0 Å².